The van der Waals surface area contributed by atoms with Crippen molar-refractivity contribution in [2.45, 2.75) is 32.4 Å². The number of phenolic OH excluding ortho intramolecular Hbond substituents is 1. The number of rotatable bonds is 7. The lowest BCUT2D eigenvalue weighted by atomic mass is 10.0. The number of amides is 2. The molecule has 0 bridgehead atoms. The highest BCUT2D eigenvalue weighted by molar-refractivity contribution is 6.00. The van der Waals surface area contributed by atoms with Crippen LogP contribution in [0.3, 0.4) is 0 Å². The third-order valence-electron chi connectivity index (χ3n) is 6.08. The zero-order chi connectivity index (χ0) is 24.4. The first-order valence-electron chi connectivity index (χ1n) is 10.8. The number of carbonyl (C=O) groups is 2. The fraction of sp³-hybridized carbons (Fsp3) is 0.333. The minimum absolute atomic E-state index is 0.112. The zero-order valence-electron chi connectivity index (χ0n) is 19.7. The molecule has 33 heavy (non-hydrogen) atoms. The summed E-state index contributed by atoms with van der Waals surface area (Å²) in [6, 6.07) is 13.8. The van der Waals surface area contributed by atoms with E-state index in [2.05, 4.69) is 0 Å². The molecule has 0 saturated heterocycles. The number of aromatic hydroxyl groups is 1. The number of likely N-dealkylation sites (N-methyl/N-ethyl adjacent to an activating group) is 1. The number of carbonyl (C=O) groups excluding carboxylic acids is 2. The molecule has 2 aromatic carbocycles. The Morgan fingerprint density at radius 2 is 1.76 bits per heavy atom. The molecule has 0 aromatic heterocycles. The largest absolute Gasteiger partial charge is 0.505 e. The minimum atomic E-state index is -0.413. The Morgan fingerprint density at radius 1 is 1.12 bits per heavy atom. The molecule has 0 aliphatic carbocycles. The Hall–Kier alpha value is -3.56. The number of para-hydroxylation sites is 1. The molecule has 1 unspecified atom stereocenters. The third kappa shape index (κ3) is 4.24. The SMILES string of the molecule is CC[C@H](c1ccccc1)N(N)C1=C(N(N)c2cccc(C(=O)N(C)C)c2O)C(C)N(C)C1=O. The van der Waals surface area contributed by atoms with Crippen molar-refractivity contribution in [1.29, 1.82) is 0 Å². The van der Waals surface area contributed by atoms with Crippen LogP contribution >= 0.6 is 0 Å². The molecular formula is C24H32N6O3. The Bertz CT molecular complexity index is 1070. The van der Waals surface area contributed by atoms with Crippen molar-refractivity contribution in [1.82, 2.24) is 14.8 Å². The van der Waals surface area contributed by atoms with Crippen LogP contribution in [0.5, 0.6) is 5.75 Å². The molecule has 9 nitrogen and oxygen atoms in total. The lowest BCUT2D eigenvalue weighted by Crippen LogP contribution is -2.41. The number of anilines is 1. The van der Waals surface area contributed by atoms with Gasteiger partial charge in [-0.15, -0.1) is 0 Å². The second kappa shape index (κ2) is 9.51. The molecule has 1 heterocycles. The molecular weight excluding hydrogens is 420 g/mol. The number of hydrogen-bond acceptors (Lipinski definition) is 7. The molecule has 2 atom stereocenters. The number of nitrogens with two attached hydrogens (primary N) is 2. The average Bonchev–Trinajstić information content (AvgIpc) is 3.03. The van der Waals surface area contributed by atoms with Gasteiger partial charge in [-0.3, -0.25) is 19.6 Å². The van der Waals surface area contributed by atoms with Gasteiger partial charge in [0.2, 0.25) is 0 Å². The molecule has 0 spiro atoms. The molecule has 2 aromatic rings. The Morgan fingerprint density at radius 3 is 2.33 bits per heavy atom. The van der Waals surface area contributed by atoms with Gasteiger partial charge in [-0.1, -0.05) is 43.3 Å². The van der Waals surface area contributed by atoms with Crippen molar-refractivity contribution in [3.63, 3.8) is 0 Å². The lowest BCUT2D eigenvalue weighted by molar-refractivity contribution is -0.127. The maximum Gasteiger partial charge on any atom is 0.273 e. The lowest BCUT2D eigenvalue weighted by Gasteiger charge is -2.32. The van der Waals surface area contributed by atoms with Crippen LogP contribution in [0, 0.1) is 0 Å². The fourth-order valence-corrected chi connectivity index (χ4v) is 4.08. The first-order chi connectivity index (χ1) is 15.6. The number of phenols is 1. The van der Waals surface area contributed by atoms with E-state index in [1.807, 2.05) is 44.2 Å². The van der Waals surface area contributed by atoms with Gasteiger partial charge < -0.3 is 14.9 Å². The van der Waals surface area contributed by atoms with E-state index in [0.29, 0.717) is 12.1 Å². The van der Waals surface area contributed by atoms with Crippen molar-refractivity contribution in [3.8, 4) is 5.75 Å². The van der Waals surface area contributed by atoms with Crippen LogP contribution in [0.25, 0.3) is 0 Å². The van der Waals surface area contributed by atoms with E-state index in [1.54, 1.807) is 38.2 Å². The standard InChI is InChI=1S/C24H32N6O3/c1-6-18(16-11-8-7-9-12-16)29(25)21-20(15(2)28(5)24(21)33)30(26)19-14-10-13-17(22(19)31)23(32)27(3)4/h7-15,18,31H,6,25-26H2,1-5H3/t15?,18-/m1/s1. The minimum Gasteiger partial charge on any atom is -0.505 e. The summed E-state index contributed by atoms with van der Waals surface area (Å²) in [5.74, 6) is 12.2. The summed E-state index contributed by atoms with van der Waals surface area (Å²) < 4.78 is 0. The van der Waals surface area contributed by atoms with E-state index in [9.17, 15) is 14.7 Å². The van der Waals surface area contributed by atoms with Crippen molar-refractivity contribution in [3.05, 3.63) is 71.1 Å². The summed E-state index contributed by atoms with van der Waals surface area (Å²) in [5.41, 5.74) is 1.96. The van der Waals surface area contributed by atoms with Gasteiger partial charge in [0.25, 0.3) is 11.8 Å². The summed E-state index contributed by atoms with van der Waals surface area (Å²) in [5, 5.41) is 13.6. The molecule has 2 amide bonds. The summed E-state index contributed by atoms with van der Waals surface area (Å²) >= 11 is 0. The molecule has 0 saturated carbocycles. The van der Waals surface area contributed by atoms with E-state index < -0.39 is 6.04 Å². The van der Waals surface area contributed by atoms with Gasteiger partial charge in [0, 0.05) is 21.1 Å². The van der Waals surface area contributed by atoms with Gasteiger partial charge in [0.1, 0.15) is 5.70 Å². The summed E-state index contributed by atoms with van der Waals surface area (Å²) in [7, 11) is 4.88. The molecule has 1 aliphatic rings. The van der Waals surface area contributed by atoms with Gasteiger partial charge in [-0.2, -0.15) is 0 Å². The highest BCUT2D eigenvalue weighted by atomic mass is 16.3. The van der Waals surface area contributed by atoms with Crippen LogP contribution in [0.15, 0.2) is 59.9 Å². The highest BCUT2D eigenvalue weighted by Gasteiger charge is 2.41. The van der Waals surface area contributed by atoms with Gasteiger partial charge in [-0.25, -0.2) is 11.7 Å². The monoisotopic (exact) mass is 452 g/mol. The number of hydrazine groups is 2. The maximum absolute atomic E-state index is 13.2. The normalized spacial score (nSPS) is 16.8. The first-order valence-corrected chi connectivity index (χ1v) is 10.8. The summed E-state index contributed by atoms with van der Waals surface area (Å²) in [6.45, 7) is 3.83. The molecule has 176 valence electrons. The predicted molar refractivity (Wildman–Crippen MR) is 128 cm³/mol. The van der Waals surface area contributed by atoms with Gasteiger partial charge in [0.15, 0.2) is 5.75 Å². The van der Waals surface area contributed by atoms with Crippen LogP contribution in [0.2, 0.25) is 0 Å². The van der Waals surface area contributed by atoms with E-state index >= 15 is 0 Å². The third-order valence-corrected chi connectivity index (χ3v) is 6.08. The maximum atomic E-state index is 13.2. The molecule has 5 N–H and O–H groups in total. The number of nitrogens with zero attached hydrogens (tertiary/aromatic N) is 4. The molecule has 3 rings (SSSR count). The quantitative estimate of drug-likeness (QED) is 0.435. The number of hydrogen-bond donors (Lipinski definition) is 3. The Labute approximate surface area is 194 Å². The molecule has 9 heteroatoms. The van der Waals surface area contributed by atoms with Gasteiger partial charge >= 0.3 is 0 Å². The van der Waals surface area contributed by atoms with E-state index in [1.165, 1.54) is 21.0 Å². The Kier molecular flexibility index (Phi) is 6.95. The fourth-order valence-electron chi connectivity index (χ4n) is 4.08. The average molecular weight is 453 g/mol. The van der Waals surface area contributed by atoms with Crippen molar-refractivity contribution in [2.24, 2.45) is 11.7 Å². The van der Waals surface area contributed by atoms with Crippen LogP contribution in [0.4, 0.5) is 5.69 Å². The molecule has 0 radical (unpaired) electrons. The Balaban J connectivity index is 2.12. The van der Waals surface area contributed by atoms with Crippen molar-refractivity contribution >= 4 is 17.5 Å². The predicted octanol–water partition coefficient (Wildman–Crippen LogP) is 2.17. The van der Waals surface area contributed by atoms with E-state index in [-0.39, 0.29) is 40.6 Å². The van der Waals surface area contributed by atoms with Crippen molar-refractivity contribution in [2.75, 3.05) is 26.2 Å². The second-order valence-electron chi connectivity index (χ2n) is 8.31. The topological polar surface area (TPSA) is 119 Å². The summed E-state index contributed by atoms with van der Waals surface area (Å²) in [6.07, 6.45) is 0.658. The number of benzene rings is 2. The summed E-state index contributed by atoms with van der Waals surface area (Å²) in [4.78, 5) is 28.7. The zero-order valence-corrected chi connectivity index (χ0v) is 19.7. The van der Waals surface area contributed by atoms with E-state index in [0.717, 1.165) is 5.56 Å². The highest BCUT2D eigenvalue weighted by Crippen LogP contribution is 2.38. The first kappa shape index (κ1) is 24.1. The molecule has 0 fully saturated rings. The van der Waals surface area contributed by atoms with Crippen LogP contribution in [-0.4, -0.2) is 58.9 Å². The molecule has 1 aliphatic heterocycles. The van der Waals surface area contributed by atoms with Crippen LogP contribution in [0.1, 0.15) is 42.2 Å². The smallest absolute Gasteiger partial charge is 0.273 e. The van der Waals surface area contributed by atoms with Crippen LogP contribution < -0.4 is 16.7 Å². The second-order valence-corrected chi connectivity index (χ2v) is 8.31. The van der Waals surface area contributed by atoms with Gasteiger partial charge in [-0.05, 0) is 31.0 Å². The van der Waals surface area contributed by atoms with Crippen LogP contribution in [-0.2, 0) is 4.79 Å². The van der Waals surface area contributed by atoms with E-state index in [4.69, 9.17) is 11.7 Å². The van der Waals surface area contributed by atoms with Gasteiger partial charge in [0.05, 0.1) is 29.0 Å². The van der Waals surface area contributed by atoms with Crippen molar-refractivity contribution < 1.29 is 14.7 Å².